The standard InChI is InChI=1S/C19H22ClN5O3S/c1-24-12-19(21-13-24)29(26,27)25-9-4-6-17(25)16-11-14(22-23-16)8-10-28-18-7-3-2-5-15(18)20/h2-3,5,7,11-13,17H,4,6,8-10H2,1H3,(H,22,23). The first-order valence-electron chi connectivity index (χ1n) is 9.36. The Labute approximate surface area is 174 Å². The highest BCUT2D eigenvalue weighted by Crippen LogP contribution is 2.35. The highest BCUT2D eigenvalue weighted by atomic mass is 35.5. The molecule has 2 aromatic heterocycles. The Hall–Kier alpha value is -2.36. The van der Waals surface area contributed by atoms with Gasteiger partial charge in [-0.15, -0.1) is 0 Å². The lowest BCUT2D eigenvalue weighted by molar-refractivity contribution is 0.320. The molecule has 0 radical (unpaired) electrons. The number of ether oxygens (including phenoxy) is 1. The lowest BCUT2D eigenvalue weighted by Crippen LogP contribution is -2.31. The fourth-order valence-electron chi connectivity index (χ4n) is 3.48. The number of halogens is 1. The van der Waals surface area contributed by atoms with Gasteiger partial charge in [0.2, 0.25) is 0 Å². The number of nitrogens with one attached hydrogen (secondary N) is 1. The molecule has 4 rings (SSSR count). The molecule has 1 atom stereocenters. The summed E-state index contributed by atoms with van der Waals surface area (Å²) >= 11 is 6.09. The average Bonchev–Trinajstić information content (AvgIpc) is 3.43. The molecule has 29 heavy (non-hydrogen) atoms. The molecule has 1 unspecified atom stereocenters. The number of aryl methyl sites for hydroxylation is 1. The van der Waals surface area contributed by atoms with Gasteiger partial charge in [-0.1, -0.05) is 23.7 Å². The Bertz CT molecular complexity index is 1090. The fraction of sp³-hybridized carbons (Fsp3) is 0.368. The molecule has 3 aromatic rings. The van der Waals surface area contributed by atoms with Gasteiger partial charge in [-0.3, -0.25) is 5.10 Å². The first-order chi connectivity index (χ1) is 13.9. The summed E-state index contributed by atoms with van der Waals surface area (Å²) in [6.45, 7) is 0.896. The zero-order valence-electron chi connectivity index (χ0n) is 16.0. The van der Waals surface area contributed by atoms with Gasteiger partial charge in [0.25, 0.3) is 10.0 Å². The second-order valence-electron chi connectivity index (χ2n) is 7.00. The molecule has 0 saturated carbocycles. The van der Waals surface area contributed by atoms with E-state index in [4.69, 9.17) is 16.3 Å². The summed E-state index contributed by atoms with van der Waals surface area (Å²) in [6, 6.07) is 8.93. The van der Waals surface area contributed by atoms with Gasteiger partial charge in [0.05, 0.1) is 29.7 Å². The Balaban J connectivity index is 1.43. The van der Waals surface area contributed by atoms with E-state index in [2.05, 4.69) is 15.2 Å². The van der Waals surface area contributed by atoms with Crippen LogP contribution in [0.15, 0.2) is 47.9 Å². The number of rotatable bonds is 7. The molecule has 10 heteroatoms. The van der Waals surface area contributed by atoms with Crippen LogP contribution in [0.2, 0.25) is 5.02 Å². The molecular weight excluding hydrogens is 414 g/mol. The lowest BCUT2D eigenvalue weighted by atomic mass is 10.1. The molecule has 0 bridgehead atoms. The van der Waals surface area contributed by atoms with Gasteiger partial charge in [-0.25, -0.2) is 13.4 Å². The van der Waals surface area contributed by atoms with E-state index >= 15 is 0 Å². The summed E-state index contributed by atoms with van der Waals surface area (Å²) in [5.41, 5.74) is 1.60. The highest BCUT2D eigenvalue weighted by Gasteiger charge is 2.38. The first-order valence-corrected chi connectivity index (χ1v) is 11.2. The number of H-pyrrole nitrogens is 1. The summed E-state index contributed by atoms with van der Waals surface area (Å²) in [4.78, 5) is 4.02. The minimum atomic E-state index is -3.66. The topological polar surface area (TPSA) is 93.1 Å². The molecule has 8 nitrogen and oxygen atoms in total. The van der Waals surface area contributed by atoms with Crippen LogP contribution in [-0.2, 0) is 23.5 Å². The number of benzene rings is 1. The average molecular weight is 436 g/mol. The minimum Gasteiger partial charge on any atom is -0.492 e. The van der Waals surface area contributed by atoms with Gasteiger partial charge in [0.15, 0.2) is 5.03 Å². The summed E-state index contributed by atoms with van der Waals surface area (Å²) in [5, 5.41) is 8.00. The van der Waals surface area contributed by atoms with E-state index in [-0.39, 0.29) is 11.1 Å². The van der Waals surface area contributed by atoms with Crippen LogP contribution in [0.3, 0.4) is 0 Å². The van der Waals surface area contributed by atoms with E-state index in [1.807, 2.05) is 24.3 Å². The molecule has 3 heterocycles. The van der Waals surface area contributed by atoms with Crippen molar-refractivity contribution in [3.05, 3.63) is 59.3 Å². The zero-order chi connectivity index (χ0) is 20.4. The van der Waals surface area contributed by atoms with Crippen LogP contribution in [-0.4, -0.2) is 45.6 Å². The number of sulfonamides is 1. The third kappa shape index (κ3) is 4.17. The van der Waals surface area contributed by atoms with Crippen LogP contribution in [0.1, 0.15) is 30.3 Å². The zero-order valence-corrected chi connectivity index (χ0v) is 17.5. The molecule has 1 fully saturated rings. The predicted molar refractivity (Wildman–Crippen MR) is 108 cm³/mol. The Morgan fingerprint density at radius 2 is 2.17 bits per heavy atom. The number of imidazole rings is 1. The molecule has 0 spiro atoms. The van der Waals surface area contributed by atoms with E-state index in [1.165, 1.54) is 16.8 Å². The van der Waals surface area contributed by atoms with E-state index in [1.54, 1.807) is 17.7 Å². The predicted octanol–water partition coefficient (Wildman–Crippen LogP) is 2.94. The van der Waals surface area contributed by atoms with Crippen LogP contribution in [0, 0.1) is 0 Å². The minimum absolute atomic E-state index is 0.0656. The maximum atomic E-state index is 13.0. The van der Waals surface area contributed by atoms with Crippen molar-refractivity contribution >= 4 is 21.6 Å². The number of hydrogen-bond acceptors (Lipinski definition) is 5. The maximum Gasteiger partial charge on any atom is 0.262 e. The van der Waals surface area contributed by atoms with Gasteiger partial charge in [-0.2, -0.15) is 9.40 Å². The van der Waals surface area contributed by atoms with E-state index in [0.717, 1.165) is 24.2 Å². The smallest absolute Gasteiger partial charge is 0.262 e. The lowest BCUT2D eigenvalue weighted by Gasteiger charge is -2.21. The highest BCUT2D eigenvalue weighted by molar-refractivity contribution is 7.89. The monoisotopic (exact) mass is 435 g/mol. The van der Waals surface area contributed by atoms with E-state index < -0.39 is 10.0 Å². The van der Waals surface area contributed by atoms with Crippen molar-refractivity contribution in [2.75, 3.05) is 13.2 Å². The van der Waals surface area contributed by atoms with Crippen LogP contribution >= 0.6 is 11.6 Å². The third-order valence-electron chi connectivity index (χ3n) is 4.92. The van der Waals surface area contributed by atoms with Crippen molar-refractivity contribution in [2.45, 2.75) is 30.3 Å². The Morgan fingerprint density at radius 1 is 1.34 bits per heavy atom. The summed E-state index contributed by atoms with van der Waals surface area (Å²) in [5.74, 6) is 0.636. The molecule has 1 N–H and O–H groups in total. The largest absolute Gasteiger partial charge is 0.492 e. The van der Waals surface area contributed by atoms with Gasteiger partial charge in [0.1, 0.15) is 5.75 Å². The number of aromatic nitrogens is 4. The molecule has 154 valence electrons. The Kier molecular flexibility index (Phi) is 5.62. The molecule has 0 amide bonds. The third-order valence-corrected chi connectivity index (χ3v) is 7.02. The number of hydrogen-bond donors (Lipinski definition) is 1. The van der Waals surface area contributed by atoms with Gasteiger partial charge in [0, 0.05) is 31.9 Å². The Morgan fingerprint density at radius 3 is 2.93 bits per heavy atom. The quantitative estimate of drug-likeness (QED) is 0.615. The summed E-state index contributed by atoms with van der Waals surface area (Å²) in [6.07, 6.45) is 5.13. The fourth-order valence-corrected chi connectivity index (χ4v) is 5.30. The maximum absolute atomic E-state index is 13.0. The summed E-state index contributed by atoms with van der Waals surface area (Å²) < 4.78 is 34.8. The van der Waals surface area contributed by atoms with Crippen molar-refractivity contribution in [3.8, 4) is 5.75 Å². The first kappa shape index (κ1) is 19.9. The van der Waals surface area contributed by atoms with Crippen molar-refractivity contribution < 1.29 is 13.2 Å². The second-order valence-corrected chi connectivity index (χ2v) is 9.24. The summed E-state index contributed by atoms with van der Waals surface area (Å²) in [7, 11) is -1.91. The SMILES string of the molecule is Cn1cnc(S(=O)(=O)N2CCCC2c2cc(CCOc3ccccc3Cl)[nH]n2)c1. The van der Waals surface area contributed by atoms with Crippen LogP contribution < -0.4 is 4.74 Å². The van der Waals surface area contributed by atoms with Crippen molar-refractivity contribution in [3.63, 3.8) is 0 Å². The van der Waals surface area contributed by atoms with Gasteiger partial charge >= 0.3 is 0 Å². The van der Waals surface area contributed by atoms with Crippen molar-refractivity contribution in [1.29, 1.82) is 0 Å². The van der Waals surface area contributed by atoms with Gasteiger partial charge < -0.3 is 9.30 Å². The van der Waals surface area contributed by atoms with Crippen LogP contribution in [0.5, 0.6) is 5.75 Å². The number of aromatic amines is 1. The number of para-hydroxylation sites is 1. The normalized spacial score (nSPS) is 17.7. The number of nitrogens with zero attached hydrogens (tertiary/aromatic N) is 4. The molecule has 0 aliphatic carbocycles. The van der Waals surface area contributed by atoms with Crippen molar-refractivity contribution in [1.82, 2.24) is 24.1 Å². The van der Waals surface area contributed by atoms with Crippen molar-refractivity contribution in [2.24, 2.45) is 7.05 Å². The molecule has 1 saturated heterocycles. The molecule has 1 aromatic carbocycles. The van der Waals surface area contributed by atoms with E-state index in [0.29, 0.717) is 30.3 Å². The molecule has 1 aliphatic heterocycles. The molecule has 1 aliphatic rings. The second kappa shape index (κ2) is 8.17. The molecular formula is C19H22ClN5O3S. The van der Waals surface area contributed by atoms with Gasteiger partial charge in [-0.05, 0) is 31.0 Å². The van der Waals surface area contributed by atoms with Crippen LogP contribution in [0.4, 0.5) is 0 Å². The van der Waals surface area contributed by atoms with Crippen LogP contribution in [0.25, 0.3) is 0 Å². The van der Waals surface area contributed by atoms with E-state index in [9.17, 15) is 8.42 Å².